The Morgan fingerprint density at radius 1 is 1.50 bits per heavy atom. The molecule has 0 spiro atoms. The first-order valence-corrected chi connectivity index (χ1v) is 2.95. The van der Waals surface area contributed by atoms with Crippen molar-refractivity contribution >= 4 is 11.8 Å². The highest BCUT2D eigenvalue weighted by molar-refractivity contribution is 5.85. The van der Waals surface area contributed by atoms with Crippen LogP contribution in [-0.4, -0.2) is 22.9 Å². The molecule has 0 saturated carbocycles. The number of hydrogen-bond donors (Lipinski definition) is 2. The molecule has 0 aliphatic heterocycles. The van der Waals surface area contributed by atoms with E-state index in [4.69, 9.17) is 10.8 Å². The van der Waals surface area contributed by atoms with Gasteiger partial charge in [0.15, 0.2) is 0 Å². The Hall–Kier alpha value is -0.900. The largest absolute Gasteiger partial charge is 0.480 e. The number of nitrogens with two attached hydrogens (primary N) is 1. The Balaban J connectivity index is 4.07. The van der Waals surface area contributed by atoms with Crippen LogP contribution in [0.15, 0.2) is 0 Å². The Labute approximate surface area is 59.0 Å². The smallest absolute Gasteiger partial charge is 0.321 e. The van der Waals surface area contributed by atoms with E-state index in [0.29, 0.717) is 0 Å². The third kappa shape index (κ3) is 2.14. The first-order valence-electron chi connectivity index (χ1n) is 2.95. The van der Waals surface area contributed by atoms with Crippen LogP contribution in [-0.2, 0) is 9.59 Å². The molecule has 0 bridgehead atoms. The molecule has 0 radical (unpaired) electrons. The molecule has 3 N–H and O–H groups in total. The van der Waals surface area contributed by atoms with Crippen molar-refractivity contribution in [2.45, 2.75) is 19.9 Å². The fourth-order valence-electron chi connectivity index (χ4n) is 0.467. The number of aliphatic carboxylic acids is 1. The topological polar surface area (TPSA) is 80.4 Å². The SMILES string of the molecule is CC(=O)[C@H](C)[C@H](N)C(=O)O. The molecule has 2 atom stereocenters. The molecule has 0 aliphatic rings. The molecule has 0 rings (SSSR count). The van der Waals surface area contributed by atoms with Gasteiger partial charge < -0.3 is 10.8 Å². The van der Waals surface area contributed by atoms with E-state index in [1.807, 2.05) is 0 Å². The monoisotopic (exact) mass is 145 g/mol. The summed E-state index contributed by atoms with van der Waals surface area (Å²) in [5, 5.41) is 8.32. The molecule has 0 aliphatic carbocycles. The third-order valence-electron chi connectivity index (χ3n) is 1.47. The summed E-state index contributed by atoms with van der Waals surface area (Å²) in [5.41, 5.74) is 5.14. The molecule has 0 saturated heterocycles. The van der Waals surface area contributed by atoms with Crippen molar-refractivity contribution < 1.29 is 14.7 Å². The van der Waals surface area contributed by atoms with Crippen molar-refractivity contribution in [3.63, 3.8) is 0 Å². The van der Waals surface area contributed by atoms with Gasteiger partial charge in [0.2, 0.25) is 0 Å². The second kappa shape index (κ2) is 3.31. The molecule has 0 heterocycles. The quantitative estimate of drug-likeness (QED) is 0.567. The average molecular weight is 145 g/mol. The lowest BCUT2D eigenvalue weighted by Crippen LogP contribution is -2.39. The van der Waals surface area contributed by atoms with Gasteiger partial charge in [0.1, 0.15) is 11.8 Å². The number of carboxylic acid groups (broad SMARTS) is 1. The van der Waals surface area contributed by atoms with E-state index in [1.54, 1.807) is 0 Å². The summed E-state index contributed by atoms with van der Waals surface area (Å²) in [5.74, 6) is -1.94. The van der Waals surface area contributed by atoms with Crippen molar-refractivity contribution in [3.05, 3.63) is 0 Å². The zero-order chi connectivity index (χ0) is 8.31. The van der Waals surface area contributed by atoms with Crippen LogP contribution in [0.4, 0.5) is 0 Å². The van der Waals surface area contributed by atoms with E-state index >= 15 is 0 Å². The minimum atomic E-state index is -1.14. The second-order valence-corrected chi connectivity index (χ2v) is 2.26. The highest BCUT2D eigenvalue weighted by Crippen LogP contribution is 2.00. The zero-order valence-corrected chi connectivity index (χ0v) is 6.00. The molecule has 58 valence electrons. The Bertz CT molecular complexity index is 137. The van der Waals surface area contributed by atoms with E-state index in [1.165, 1.54) is 13.8 Å². The second-order valence-electron chi connectivity index (χ2n) is 2.26. The number of hydrogen-bond acceptors (Lipinski definition) is 3. The lowest BCUT2D eigenvalue weighted by Gasteiger charge is -2.11. The summed E-state index contributed by atoms with van der Waals surface area (Å²) in [7, 11) is 0. The average Bonchev–Trinajstić information content (AvgIpc) is 1.84. The van der Waals surface area contributed by atoms with Gasteiger partial charge in [-0.25, -0.2) is 0 Å². The number of Topliss-reactive ketones (excluding diaryl/α,β-unsaturated/α-hetero) is 1. The van der Waals surface area contributed by atoms with Crippen LogP contribution >= 0.6 is 0 Å². The molecule has 0 aromatic rings. The number of carbonyl (C=O) groups excluding carboxylic acids is 1. The Morgan fingerprint density at radius 3 is 2.00 bits per heavy atom. The van der Waals surface area contributed by atoms with Crippen LogP contribution in [0.1, 0.15) is 13.8 Å². The van der Waals surface area contributed by atoms with Gasteiger partial charge in [0.05, 0.1) is 0 Å². The molecule has 0 fully saturated rings. The minimum Gasteiger partial charge on any atom is -0.480 e. The van der Waals surface area contributed by atoms with Gasteiger partial charge in [-0.15, -0.1) is 0 Å². The summed E-state index contributed by atoms with van der Waals surface area (Å²) in [4.78, 5) is 20.7. The maximum Gasteiger partial charge on any atom is 0.321 e. The van der Waals surface area contributed by atoms with E-state index in [0.717, 1.165) is 0 Å². The lowest BCUT2D eigenvalue weighted by molar-refractivity contribution is -0.141. The van der Waals surface area contributed by atoms with Crippen molar-refractivity contribution in [2.24, 2.45) is 11.7 Å². The van der Waals surface area contributed by atoms with Crippen molar-refractivity contribution in [1.82, 2.24) is 0 Å². The highest BCUT2D eigenvalue weighted by Gasteiger charge is 2.22. The molecule has 10 heavy (non-hydrogen) atoms. The summed E-state index contributed by atoms with van der Waals surface area (Å²) < 4.78 is 0. The highest BCUT2D eigenvalue weighted by atomic mass is 16.4. The number of ketones is 1. The van der Waals surface area contributed by atoms with Gasteiger partial charge in [0.25, 0.3) is 0 Å². The Morgan fingerprint density at radius 2 is 1.90 bits per heavy atom. The van der Waals surface area contributed by atoms with Crippen molar-refractivity contribution in [2.75, 3.05) is 0 Å². The third-order valence-corrected chi connectivity index (χ3v) is 1.47. The summed E-state index contributed by atoms with van der Waals surface area (Å²) in [6.45, 7) is 2.83. The van der Waals surface area contributed by atoms with Gasteiger partial charge in [-0.05, 0) is 6.92 Å². The van der Waals surface area contributed by atoms with Gasteiger partial charge in [-0.3, -0.25) is 9.59 Å². The van der Waals surface area contributed by atoms with Crippen LogP contribution in [0.25, 0.3) is 0 Å². The van der Waals surface area contributed by atoms with Crippen molar-refractivity contribution in [1.29, 1.82) is 0 Å². The van der Waals surface area contributed by atoms with E-state index in [9.17, 15) is 9.59 Å². The Kier molecular flexibility index (Phi) is 3.02. The first kappa shape index (κ1) is 9.10. The number of carbonyl (C=O) groups is 2. The molecule has 0 aromatic carbocycles. The van der Waals surface area contributed by atoms with Gasteiger partial charge in [-0.1, -0.05) is 6.92 Å². The molecule has 0 aromatic heterocycles. The summed E-state index contributed by atoms with van der Waals surface area (Å²) in [6, 6.07) is -1.07. The molecular weight excluding hydrogens is 134 g/mol. The minimum absolute atomic E-state index is 0.199. The predicted molar refractivity (Wildman–Crippen MR) is 35.5 cm³/mol. The summed E-state index contributed by atoms with van der Waals surface area (Å²) in [6.07, 6.45) is 0. The molecule has 4 heteroatoms. The van der Waals surface area contributed by atoms with E-state index in [2.05, 4.69) is 0 Å². The molecule has 0 amide bonds. The maximum atomic E-state index is 10.5. The standard InChI is InChI=1S/C6H11NO3/c1-3(4(2)8)5(7)6(9)10/h3,5H,7H2,1-2H3,(H,9,10)/t3-,5-/m0/s1. The van der Waals surface area contributed by atoms with E-state index in [-0.39, 0.29) is 5.78 Å². The lowest BCUT2D eigenvalue weighted by atomic mass is 9.99. The normalized spacial score (nSPS) is 15.9. The van der Waals surface area contributed by atoms with Crippen LogP contribution in [0.3, 0.4) is 0 Å². The number of carboxylic acids is 1. The molecule has 4 nitrogen and oxygen atoms in total. The van der Waals surface area contributed by atoms with Crippen molar-refractivity contribution in [3.8, 4) is 0 Å². The molecular formula is C6H11NO3. The van der Waals surface area contributed by atoms with Gasteiger partial charge in [0, 0.05) is 5.92 Å². The first-order chi connectivity index (χ1) is 4.46. The van der Waals surface area contributed by atoms with Gasteiger partial charge >= 0.3 is 5.97 Å². The van der Waals surface area contributed by atoms with Crippen LogP contribution in [0.2, 0.25) is 0 Å². The fourth-order valence-corrected chi connectivity index (χ4v) is 0.467. The zero-order valence-electron chi connectivity index (χ0n) is 6.00. The maximum absolute atomic E-state index is 10.5. The van der Waals surface area contributed by atoms with Crippen LogP contribution < -0.4 is 5.73 Å². The molecule has 0 unspecified atom stereocenters. The predicted octanol–water partition coefficient (Wildman–Crippen LogP) is -0.377. The number of rotatable bonds is 3. The van der Waals surface area contributed by atoms with Crippen LogP contribution in [0.5, 0.6) is 0 Å². The van der Waals surface area contributed by atoms with Crippen LogP contribution in [0, 0.1) is 5.92 Å². The van der Waals surface area contributed by atoms with Gasteiger partial charge in [-0.2, -0.15) is 0 Å². The fraction of sp³-hybridized carbons (Fsp3) is 0.667. The van der Waals surface area contributed by atoms with E-state index < -0.39 is 17.9 Å². The summed E-state index contributed by atoms with van der Waals surface area (Å²) >= 11 is 0.